The lowest BCUT2D eigenvalue weighted by atomic mass is 10.1. The lowest BCUT2D eigenvalue weighted by Crippen LogP contribution is -2.11. The number of fused-ring (bicyclic) bond motifs is 1. The zero-order valence-corrected chi connectivity index (χ0v) is 14.4. The molecule has 0 amide bonds. The lowest BCUT2D eigenvalue weighted by Gasteiger charge is -2.09. The Kier molecular flexibility index (Phi) is 4.81. The van der Waals surface area contributed by atoms with Crippen LogP contribution in [0.1, 0.15) is 11.1 Å². The van der Waals surface area contributed by atoms with Gasteiger partial charge in [-0.05, 0) is 35.9 Å². The summed E-state index contributed by atoms with van der Waals surface area (Å²) in [4.78, 5) is 14.7. The van der Waals surface area contributed by atoms with E-state index in [4.69, 9.17) is 28.5 Å². The van der Waals surface area contributed by atoms with Gasteiger partial charge in [-0.15, -0.1) is 11.8 Å². The number of rotatable bonds is 3. The Morgan fingerprint density at radius 1 is 1.17 bits per heavy atom. The van der Waals surface area contributed by atoms with E-state index in [0.717, 1.165) is 5.56 Å². The second kappa shape index (κ2) is 6.86. The summed E-state index contributed by atoms with van der Waals surface area (Å²) in [5.74, 6) is 0.0218. The summed E-state index contributed by atoms with van der Waals surface area (Å²) in [6, 6.07) is 11.0. The van der Waals surface area contributed by atoms with Crippen molar-refractivity contribution in [3.05, 3.63) is 73.7 Å². The van der Waals surface area contributed by atoms with Crippen LogP contribution in [0.25, 0.3) is 10.8 Å². The molecular formula is C17H9Cl2FN2OS. The Morgan fingerprint density at radius 2 is 1.96 bits per heavy atom. The van der Waals surface area contributed by atoms with Gasteiger partial charge < -0.3 is 4.98 Å². The van der Waals surface area contributed by atoms with Gasteiger partial charge in [-0.1, -0.05) is 29.3 Å². The number of aromatic amines is 1. The molecule has 24 heavy (non-hydrogen) atoms. The van der Waals surface area contributed by atoms with Crippen LogP contribution >= 0.6 is 35.0 Å². The topological polar surface area (TPSA) is 56.6 Å². The van der Waals surface area contributed by atoms with Crippen molar-refractivity contribution in [1.29, 1.82) is 5.26 Å². The van der Waals surface area contributed by atoms with Crippen LogP contribution in [0.5, 0.6) is 0 Å². The molecule has 0 saturated heterocycles. The molecule has 3 rings (SSSR count). The number of nitrogens with zero attached hydrogens (tertiary/aromatic N) is 1. The average Bonchev–Trinajstić information content (AvgIpc) is 2.54. The summed E-state index contributed by atoms with van der Waals surface area (Å²) in [5, 5.41) is 11.6. The number of nitrogens with one attached hydrogen (secondary N) is 1. The molecule has 7 heteroatoms. The largest absolute Gasteiger partial charge is 0.315 e. The number of aromatic nitrogens is 1. The number of pyridine rings is 1. The zero-order chi connectivity index (χ0) is 17.3. The molecule has 1 heterocycles. The van der Waals surface area contributed by atoms with Gasteiger partial charge in [0, 0.05) is 26.6 Å². The summed E-state index contributed by atoms with van der Waals surface area (Å²) in [6.45, 7) is 0. The van der Waals surface area contributed by atoms with Crippen molar-refractivity contribution in [3.63, 3.8) is 0 Å². The van der Waals surface area contributed by atoms with Crippen molar-refractivity contribution < 1.29 is 4.39 Å². The quantitative estimate of drug-likeness (QED) is 0.642. The molecule has 0 radical (unpaired) electrons. The Bertz CT molecular complexity index is 1040. The molecule has 1 N–H and O–H groups in total. The van der Waals surface area contributed by atoms with Gasteiger partial charge in [-0.25, -0.2) is 4.39 Å². The van der Waals surface area contributed by atoms with Crippen molar-refractivity contribution in [1.82, 2.24) is 4.98 Å². The van der Waals surface area contributed by atoms with Gasteiger partial charge in [0.15, 0.2) is 0 Å². The van der Waals surface area contributed by atoms with Crippen LogP contribution in [0, 0.1) is 17.1 Å². The molecule has 1 aromatic heterocycles. The van der Waals surface area contributed by atoms with Crippen molar-refractivity contribution >= 4 is 45.7 Å². The Labute approximate surface area is 151 Å². The summed E-state index contributed by atoms with van der Waals surface area (Å²) >= 11 is 13.3. The summed E-state index contributed by atoms with van der Waals surface area (Å²) in [7, 11) is 0. The summed E-state index contributed by atoms with van der Waals surface area (Å²) in [6.07, 6.45) is 0. The first kappa shape index (κ1) is 16.8. The molecule has 120 valence electrons. The van der Waals surface area contributed by atoms with E-state index in [-0.39, 0.29) is 5.56 Å². The number of H-pyrrole nitrogens is 1. The van der Waals surface area contributed by atoms with Crippen LogP contribution < -0.4 is 5.56 Å². The fourth-order valence-corrected chi connectivity index (χ4v) is 3.89. The minimum atomic E-state index is -0.499. The third-order valence-corrected chi connectivity index (χ3v) is 5.10. The highest BCUT2D eigenvalue weighted by molar-refractivity contribution is 7.98. The lowest BCUT2D eigenvalue weighted by molar-refractivity contribution is 0.629. The standard InChI is InChI=1S/C17H9Cl2FN2OS/c18-10-2-1-9(15(19)5-10)8-24-17-13-6-11(20)3-4-12(13)14(7-21)16(23)22-17/h1-6H,8H2,(H,22,23). The minimum absolute atomic E-state index is 0.0288. The third kappa shape index (κ3) is 3.27. The number of hydrogen-bond acceptors (Lipinski definition) is 3. The number of hydrogen-bond donors (Lipinski definition) is 1. The third-order valence-electron chi connectivity index (χ3n) is 3.45. The normalized spacial score (nSPS) is 10.8. The van der Waals surface area contributed by atoms with Crippen LogP contribution in [0.15, 0.2) is 46.2 Å². The van der Waals surface area contributed by atoms with E-state index >= 15 is 0 Å². The van der Waals surface area contributed by atoms with Gasteiger partial charge in [0.2, 0.25) is 0 Å². The first-order valence-corrected chi connectivity index (χ1v) is 8.56. The second-order valence-electron chi connectivity index (χ2n) is 4.98. The predicted molar refractivity (Wildman–Crippen MR) is 95.3 cm³/mol. The maximum Gasteiger partial charge on any atom is 0.267 e. The minimum Gasteiger partial charge on any atom is -0.315 e. The number of benzene rings is 2. The first-order valence-electron chi connectivity index (χ1n) is 6.82. The molecule has 0 unspecified atom stereocenters. The number of thioether (sulfide) groups is 1. The van der Waals surface area contributed by atoms with Crippen LogP contribution in [-0.2, 0) is 5.75 Å². The van der Waals surface area contributed by atoms with Crippen LogP contribution in [-0.4, -0.2) is 4.98 Å². The fourth-order valence-electron chi connectivity index (χ4n) is 2.29. The second-order valence-corrected chi connectivity index (χ2v) is 6.81. The van der Waals surface area contributed by atoms with Gasteiger partial charge in [0.1, 0.15) is 17.4 Å². The van der Waals surface area contributed by atoms with E-state index in [9.17, 15) is 9.18 Å². The molecule has 0 fully saturated rings. The van der Waals surface area contributed by atoms with Gasteiger partial charge in [-0.3, -0.25) is 4.79 Å². The highest BCUT2D eigenvalue weighted by Gasteiger charge is 2.13. The monoisotopic (exact) mass is 378 g/mol. The molecule has 0 aliphatic heterocycles. The van der Waals surface area contributed by atoms with E-state index in [0.29, 0.717) is 31.6 Å². The first-order chi connectivity index (χ1) is 11.5. The molecule has 2 aromatic carbocycles. The van der Waals surface area contributed by atoms with E-state index in [2.05, 4.69) is 4.98 Å². The van der Waals surface area contributed by atoms with Crippen LogP contribution in [0.4, 0.5) is 4.39 Å². The van der Waals surface area contributed by atoms with Crippen LogP contribution in [0.3, 0.4) is 0 Å². The molecule has 0 atom stereocenters. The van der Waals surface area contributed by atoms with Crippen molar-refractivity contribution in [2.75, 3.05) is 0 Å². The SMILES string of the molecule is N#Cc1c(=O)[nH]c(SCc2ccc(Cl)cc2Cl)c2cc(F)ccc12. The summed E-state index contributed by atoms with van der Waals surface area (Å²) in [5.41, 5.74) is 0.306. The van der Waals surface area contributed by atoms with Crippen molar-refractivity contribution in [3.8, 4) is 6.07 Å². The molecule has 0 spiro atoms. The predicted octanol–water partition coefficient (Wildman–Crippen LogP) is 5.14. The van der Waals surface area contributed by atoms with Gasteiger partial charge in [0.05, 0.1) is 5.03 Å². The summed E-state index contributed by atoms with van der Waals surface area (Å²) < 4.78 is 13.6. The van der Waals surface area contributed by atoms with Gasteiger partial charge >= 0.3 is 0 Å². The van der Waals surface area contributed by atoms with Crippen LogP contribution in [0.2, 0.25) is 10.0 Å². The number of halogens is 3. The highest BCUT2D eigenvalue weighted by atomic mass is 35.5. The molecule has 0 aliphatic carbocycles. The van der Waals surface area contributed by atoms with Gasteiger partial charge in [-0.2, -0.15) is 5.26 Å². The molecule has 3 aromatic rings. The molecule has 3 nitrogen and oxygen atoms in total. The Hall–Kier alpha value is -2.00. The molecule has 0 bridgehead atoms. The molecular weight excluding hydrogens is 370 g/mol. The highest BCUT2D eigenvalue weighted by Crippen LogP contribution is 2.32. The zero-order valence-electron chi connectivity index (χ0n) is 12.1. The van der Waals surface area contributed by atoms with Gasteiger partial charge in [0.25, 0.3) is 5.56 Å². The Morgan fingerprint density at radius 3 is 2.67 bits per heavy atom. The average molecular weight is 379 g/mol. The maximum atomic E-state index is 13.6. The smallest absolute Gasteiger partial charge is 0.267 e. The molecule has 0 saturated carbocycles. The Balaban J connectivity index is 2.05. The fraction of sp³-hybridized carbons (Fsp3) is 0.0588. The van der Waals surface area contributed by atoms with Crippen molar-refractivity contribution in [2.45, 2.75) is 10.8 Å². The van der Waals surface area contributed by atoms with Crippen molar-refractivity contribution in [2.24, 2.45) is 0 Å². The number of nitriles is 1. The molecule has 0 aliphatic rings. The van der Waals surface area contributed by atoms with E-state index in [1.807, 2.05) is 6.07 Å². The maximum absolute atomic E-state index is 13.6. The van der Waals surface area contributed by atoms with E-state index in [1.165, 1.54) is 30.0 Å². The van der Waals surface area contributed by atoms with E-state index < -0.39 is 11.4 Å². The van der Waals surface area contributed by atoms with E-state index in [1.54, 1.807) is 18.2 Å².